The molecule has 1 heterocycles. The van der Waals surface area contributed by atoms with Crippen molar-refractivity contribution in [2.24, 2.45) is 0 Å². The van der Waals surface area contributed by atoms with Crippen LogP contribution in [0, 0.1) is 0 Å². The van der Waals surface area contributed by atoms with Crippen LogP contribution in [0.25, 0.3) is 11.3 Å². The van der Waals surface area contributed by atoms with E-state index in [4.69, 9.17) is 16.6 Å². The fourth-order valence-electron chi connectivity index (χ4n) is 2.18. The Labute approximate surface area is 110 Å². The number of likely N-dealkylation sites (N-methyl/N-ethyl adjacent to an activating group) is 1. The predicted molar refractivity (Wildman–Crippen MR) is 73.0 cm³/mol. The molecule has 0 amide bonds. The maximum atomic E-state index is 6.01. The first-order valence-corrected chi connectivity index (χ1v) is 6.89. The van der Waals surface area contributed by atoms with E-state index in [9.17, 15) is 0 Å². The fraction of sp³-hybridized carbons (Fsp3) is 0.308. The minimum Gasteiger partial charge on any atom is -0.319 e. The maximum Gasteiger partial charge on any atom is 0.0948 e. The molecule has 0 saturated carbocycles. The summed E-state index contributed by atoms with van der Waals surface area (Å²) >= 11 is 7.84. The highest BCUT2D eigenvalue weighted by Crippen LogP contribution is 2.40. The first-order valence-electron chi connectivity index (χ1n) is 5.70. The molecule has 0 unspecified atom stereocenters. The number of hydrogen-bond acceptors (Lipinski definition) is 3. The van der Waals surface area contributed by atoms with E-state index in [0.717, 1.165) is 24.4 Å². The van der Waals surface area contributed by atoms with E-state index in [-0.39, 0.29) is 0 Å². The van der Waals surface area contributed by atoms with E-state index in [1.54, 1.807) is 0 Å². The molecular weight excluding hydrogens is 252 g/mol. The summed E-state index contributed by atoms with van der Waals surface area (Å²) in [6.45, 7) is 0.986. The molecule has 0 saturated heterocycles. The van der Waals surface area contributed by atoms with E-state index in [2.05, 4.69) is 17.4 Å². The zero-order chi connectivity index (χ0) is 11.8. The summed E-state index contributed by atoms with van der Waals surface area (Å²) in [6, 6.07) is 6.09. The van der Waals surface area contributed by atoms with Crippen molar-refractivity contribution < 1.29 is 0 Å². The number of rotatable bonds is 3. The average molecular weight is 265 g/mol. The Kier molecular flexibility index (Phi) is 2.90. The quantitative estimate of drug-likeness (QED) is 0.786. The summed E-state index contributed by atoms with van der Waals surface area (Å²) in [7, 11) is 1.97. The number of benzene rings is 1. The van der Waals surface area contributed by atoms with Gasteiger partial charge in [-0.1, -0.05) is 17.7 Å². The van der Waals surface area contributed by atoms with E-state index in [1.807, 2.05) is 24.5 Å². The first-order chi connectivity index (χ1) is 8.28. The van der Waals surface area contributed by atoms with Gasteiger partial charge in [-0.15, -0.1) is 11.3 Å². The van der Waals surface area contributed by atoms with Crippen LogP contribution in [0.4, 0.5) is 0 Å². The number of fused-ring (bicyclic) bond motifs is 3. The molecule has 0 aliphatic heterocycles. The lowest BCUT2D eigenvalue weighted by atomic mass is 10.1. The third-order valence-electron chi connectivity index (χ3n) is 3.00. The lowest BCUT2D eigenvalue weighted by molar-refractivity contribution is 0.788. The Balaban J connectivity index is 1.95. The molecule has 4 heteroatoms. The Morgan fingerprint density at radius 3 is 3.18 bits per heavy atom. The van der Waals surface area contributed by atoms with Crippen LogP contribution in [0.5, 0.6) is 0 Å². The van der Waals surface area contributed by atoms with Gasteiger partial charge in [-0.25, -0.2) is 4.98 Å². The van der Waals surface area contributed by atoms with Crippen LogP contribution in [0.15, 0.2) is 18.2 Å². The van der Waals surface area contributed by atoms with E-state index in [0.29, 0.717) is 0 Å². The summed E-state index contributed by atoms with van der Waals surface area (Å²) in [4.78, 5) is 6.12. The van der Waals surface area contributed by atoms with Crippen LogP contribution in [0.1, 0.15) is 15.4 Å². The third-order valence-corrected chi connectivity index (χ3v) is 4.35. The minimum atomic E-state index is 0.814. The van der Waals surface area contributed by atoms with Gasteiger partial charge in [0.05, 0.1) is 10.7 Å². The molecule has 1 N–H and O–H groups in total. The van der Waals surface area contributed by atoms with Crippen LogP contribution < -0.4 is 5.32 Å². The number of halogens is 1. The molecule has 1 aromatic heterocycles. The topological polar surface area (TPSA) is 24.9 Å². The van der Waals surface area contributed by atoms with Crippen molar-refractivity contribution in [3.05, 3.63) is 38.7 Å². The second-order valence-electron chi connectivity index (χ2n) is 4.21. The Morgan fingerprint density at radius 1 is 1.47 bits per heavy atom. The summed E-state index contributed by atoms with van der Waals surface area (Å²) in [5.41, 5.74) is 3.75. The van der Waals surface area contributed by atoms with Crippen LogP contribution in [0.3, 0.4) is 0 Å². The predicted octanol–water partition coefficient (Wildman–Crippen LogP) is 3.13. The molecule has 2 nitrogen and oxygen atoms in total. The Bertz CT molecular complexity index is 563. The van der Waals surface area contributed by atoms with Crippen LogP contribution >= 0.6 is 22.9 Å². The number of nitrogens with zero attached hydrogens (tertiary/aromatic N) is 1. The molecule has 1 aromatic carbocycles. The third kappa shape index (κ3) is 1.99. The summed E-state index contributed by atoms with van der Waals surface area (Å²) < 4.78 is 0. The lowest BCUT2D eigenvalue weighted by Gasteiger charge is -2.00. The Hall–Kier alpha value is -0.900. The van der Waals surface area contributed by atoms with Crippen LogP contribution in [0.2, 0.25) is 5.02 Å². The number of thiazole rings is 1. The maximum absolute atomic E-state index is 6.01. The van der Waals surface area contributed by atoms with Gasteiger partial charge in [0, 0.05) is 34.8 Å². The van der Waals surface area contributed by atoms with Crippen LogP contribution in [-0.4, -0.2) is 18.6 Å². The largest absolute Gasteiger partial charge is 0.319 e. The second-order valence-corrected chi connectivity index (χ2v) is 5.82. The molecule has 0 radical (unpaired) electrons. The smallest absolute Gasteiger partial charge is 0.0948 e. The molecule has 0 atom stereocenters. The van der Waals surface area contributed by atoms with Crippen molar-refractivity contribution in [1.82, 2.24) is 10.3 Å². The molecule has 0 spiro atoms. The van der Waals surface area contributed by atoms with Crippen LogP contribution in [-0.2, 0) is 12.8 Å². The van der Waals surface area contributed by atoms with Crippen molar-refractivity contribution in [3.8, 4) is 11.3 Å². The monoisotopic (exact) mass is 264 g/mol. The second kappa shape index (κ2) is 4.41. The molecule has 2 aromatic rings. The minimum absolute atomic E-state index is 0.814. The van der Waals surface area contributed by atoms with Crippen molar-refractivity contribution in [3.63, 3.8) is 0 Å². The van der Waals surface area contributed by atoms with Crippen molar-refractivity contribution in [2.75, 3.05) is 13.6 Å². The standard InChI is InChI=1S/C13H13ClN2S/c1-15-5-4-12-16-13-10-3-2-9(14)6-8(10)7-11(13)17-12/h2-3,6,15H,4-5,7H2,1H3. The number of nitrogens with one attached hydrogen (secondary N) is 1. The summed E-state index contributed by atoms with van der Waals surface area (Å²) in [5, 5.41) is 5.20. The molecule has 1 aliphatic rings. The number of hydrogen-bond donors (Lipinski definition) is 1. The van der Waals surface area contributed by atoms with Crippen molar-refractivity contribution in [2.45, 2.75) is 12.8 Å². The lowest BCUT2D eigenvalue weighted by Crippen LogP contribution is -2.09. The van der Waals surface area contributed by atoms with Gasteiger partial charge < -0.3 is 5.32 Å². The van der Waals surface area contributed by atoms with Gasteiger partial charge in [0.15, 0.2) is 0 Å². The molecule has 88 valence electrons. The molecule has 0 bridgehead atoms. The molecular formula is C13H13ClN2S. The SMILES string of the molecule is CNCCc1nc2c(s1)Cc1cc(Cl)ccc1-2. The van der Waals surface area contributed by atoms with E-state index in [1.165, 1.54) is 26.7 Å². The highest BCUT2D eigenvalue weighted by atomic mass is 35.5. The van der Waals surface area contributed by atoms with Gasteiger partial charge in [0.2, 0.25) is 0 Å². The summed E-state index contributed by atoms with van der Waals surface area (Å²) in [6.07, 6.45) is 2.00. The fourth-order valence-corrected chi connectivity index (χ4v) is 3.48. The van der Waals surface area contributed by atoms with Gasteiger partial charge in [-0.05, 0) is 24.7 Å². The normalized spacial score (nSPS) is 12.6. The van der Waals surface area contributed by atoms with Gasteiger partial charge in [0.1, 0.15) is 0 Å². The molecule has 1 aliphatic carbocycles. The summed E-state index contributed by atoms with van der Waals surface area (Å²) in [5.74, 6) is 0. The molecule has 0 fully saturated rings. The molecule has 3 rings (SSSR count). The highest BCUT2D eigenvalue weighted by molar-refractivity contribution is 7.12. The average Bonchev–Trinajstić information content (AvgIpc) is 2.82. The van der Waals surface area contributed by atoms with Gasteiger partial charge in [0.25, 0.3) is 0 Å². The van der Waals surface area contributed by atoms with Gasteiger partial charge in [-0.3, -0.25) is 0 Å². The zero-order valence-electron chi connectivity index (χ0n) is 9.59. The van der Waals surface area contributed by atoms with Gasteiger partial charge in [-0.2, -0.15) is 0 Å². The zero-order valence-corrected chi connectivity index (χ0v) is 11.2. The van der Waals surface area contributed by atoms with E-state index >= 15 is 0 Å². The van der Waals surface area contributed by atoms with Crippen molar-refractivity contribution >= 4 is 22.9 Å². The van der Waals surface area contributed by atoms with Crippen molar-refractivity contribution in [1.29, 1.82) is 0 Å². The number of aromatic nitrogens is 1. The molecule has 17 heavy (non-hydrogen) atoms. The van der Waals surface area contributed by atoms with Gasteiger partial charge >= 0.3 is 0 Å². The highest BCUT2D eigenvalue weighted by Gasteiger charge is 2.23. The van der Waals surface area contributed by atoms with E-state index < -0.39 is 0 Å². The Morgan fingerprint density at radius 2 is 2.35 bits per heavy atom. The first kappa shape index (κ1) is 11.2.